The van der Waals surface area contributed by atoms with Crippen molar-refractivity contribution < 1.29 is 4.79 Å². The first-order valence-corrected chi connectivity index (χ1v) is 6.49. The Morgan fingerprint density at radius 3 is 2.32 bits per heavy atom. The van der Waals surface area contributed by atoms with Gasteiger partial charge < -0.3 is 0 Å². The Bertz CT molecular complexity index is 624. The third-order valence-corrected chi connectivity index (χ3v) is 3.34. The van der Waals surface area contributed by atoms with Gasteiger partial charge >= 0.3 is 0 Å². The summed E-state index contributed by atoms with van der Waals surface area (Å²) in [5, 5.41) is 0.692. The number of carbonyl (C=O) groups is 1. The molecule has 0 amide bonds. The van der Waals surface area contributed by atoms with Gasteiger partial charge in [-0.3, -0.25) is 4.79 Å². The molecule has 0 aliphatic rings. The highest BCUT2D eigenvalue weighted by Crippen LogP contribution is 2.13. The highest BCUT2D eigenvalue weighted by molar-refractivity contribution is 6.30. The number of benzene rings is 2. The summed E-state index contributed by atoms with van der Waals surface area (Å²) in [7, 11) is 0. The number of ketones is 1. The zero-order valence-electron chi connectivity index (χ0n) is 11.0. The van der Waals surface area contributed by atoms with Crippen LogP contribution >= 0.6 is 11.6 Å². The molecule has 0 saturated carbocycles. The van der Waals surface area contributed by atoms with Crippen molar-refractivity contribution in [2.75, 3.05) is 0 Å². The Hall–Kier alpha value is -1.86. The highest BCUT2D eigenvalue weighted by Gasteiger charge is 2.03. The van der Waals surface area contributed by atoms with Crippen molar-refractivity contribution >= 4 is 23.5 Å². The molecule has 0 aliphatic heterocycles. The predicted molar refractivity (Wildman–Crippen MR) is 80.7 cm³/mol. The monoisotopic (exact) mass is 270 g/mol. The molecule has 2 heteroatoms. The summed E-state index contributed by atoms with van der Waals surface area (Å²) in [6.45, 7) is 4.04. The van der Waals surface area contributed by atoms with E-state index in [2.05, 4.69) is 0 Å². The van der Waals surface area contributed by atoms with E-state index < -0.39 is 0 Å². The summed E-state index contributed by atoms with van der Waals surface area (Å²) in [5.41, 5.74) is 4.00. The van der Waals surface area contributed by atoms with E-state index in [0.717, 1.165) is 11.1 Å². The summed E-state index contributed by atoms with van der Waals surface area (Å²) >= 11 is 5.81. The van der Waals surface area contributed by atoms with Crippen LogP contribution in [0.2, 0.25) is 5.02 Å². The first-order chi connectivity index (χ1) is 9.06. The van der Waals surface area contributed by atoms with Crippen LogP contribution in [-0.4, -0.2) is 5.78 Å². The normalized spacial score (nSPS) is 10.9. The lowest BCUT2D eigenvalue weighted by Gasteiger charge is -2.01. The van der Waals surface area contributed by atoms with Crippen molar-refractivity contribution in [1.29, 1.82) is 0 Å². The average molecular weight is 271 g/mol. The molecule has 19 heavy (non-hydrogen) atoms. The minimum atomic E-state index is 0.0121. The Kier molecular flexibility index (Phi) is 4.18. The van der Waals surface area contributed by atoms with Gasteiger partial charge in [0.2, 0.25) is 0 Å². The van der Waals surface area contributed by atoms with Crippen molar-refractivity contribution in [2.24, 2.45) is 0 Å². The molecule has 2 aromatic rings. The standard InChI is InChI=1S/C17H15ClO/c1-12-3-7-15(11-13(12)2)17(19)10-6-14-4-8-16(18)9-5-14/h3-11H,1-2H3/b10-6+. The van der Waals surface area contributed by atoms with Gasteiger partial charge in [0.15, 0.2) is 5.78 Å². The highest BCUT2D eigenvalue weighted by atomic mass is 35.5. The molecule has 1 nitrogen and oxygen atoms in total. The van der Waals surface area contributed by atoms with Gasteiger partial charge in [0, 0.05) is 10.6 Å². The van der Waals surface area contributed by atoms with Crippen LogP contribution in [0.4, 0.5) is 0 Å². The molecule has 0 bridgehead atoms. The van der Waals surface area contributed by atoms with Gasteiger partial charge in [-0.2, -0.15) is 0 Å². The number of hydrogen-bond acceptors (Lipinski definition) is 1. The molecule has 0 aliphatic carbocycles. The SMILES string of the molecule is Cc1ccc(C(=O)/C=C/c2ccc(Cl)cc2)cc1C. The van der Waals surface area contributed by atoms with E-state index in [9.17, 15) is 4.79 Å². The fourth-order valence-corrected chi connectivity index (χ4v) is 1.86. The molecular weight excluding hydrogens is 256 g/mol. The first-order valence-electron chi connectivity index (χ1n) is 6.11. The number of hydrogen-bond donors (Lipinski definition) is 0. The third-order valence-electron chi connectivity index (χ3n) is 3.09. The lowest BCUT2D eigenvalue weighted by molar-refractivity contribution is 0.104. The van der Waals surface area contributed by atoms with Gasteiger partial charge in [0.1, 0.15) is 0 Å². The Morgan fingerprint density at radius 1 is 1.00 bits per heavy atom. The van der Waals surface area contributed by atoms with Crippen LogP contribution < -0.4 is 0 Å². The minimum absolute atomic E-state index is 0.0121. The Balaban J connectivity index is 2.16. The van der Waals surface area contributed by atoms with Crippen LogP contribution in [-0.2, 0) is 0 Å². The van der Waals surface area contributed by atoms with E-state index in [1.807, 2.05) is 56.3 Å². The van der Waals surface area contributed by atoms with Crippen molar-refractivity contribution in [3.8, 4) is 0 Å². The summed E-state index contributed by atoms with van der Waals surface area (Å²) in [6.07, 6.45) is 3.39. The van der Waals surface area contributed by atoms with E-state index in [1.54, 1.807) is 12.2 Å². The molecule has 0 saturated heterocycles. The van der Waals surface area contributed by atoms with Crippen LogP contribution in [0.1, 0.15) is 27.0 Å². The second-order valence-corrected chi connectivity index (χ2v) is 4.98. The maximum atomic E-state index is 12.0. The summed E-state index contributed by atoms with van der Waals surface area (Å²) < 4.78 is 0. The van der Waals surface area contributed by atoms with Crippen LogP contribution in [0.15, 0.2) is 48.5 Å². The van der Waals surface area contributed by atoms with Gasteiger partial charge in [0.05, 0.1) is 0 Å². The molecule has 0 fully saturated rings. The predicted octanol–water partition coefficient (Wildman–Crippen LogP) is 4.85. The minimum Gasteiger partial charge on any atom is -0.289 e. The van der Waals surface area contributed by atoms with Crippen molar-refractivity contribution in [2.45, 2.75) is 13.8 Å². The van der Waals surface area contributed by atoms with Gasteiger partial charge in [-0.25, -0.2) is 0 Å². The lowest BCUT2D eigenvalue weighted by atomic mass is 10.0. The third kappa shape index (κ3) is 3.55. The molecule has 2 aromatic carbocycles. The Labute approximate surface area is 118 Å². The van der Waals surface area contributed by atoms with Gasteiger partial charge in [-0.05, 0) is 54.8 Å². The summed E-state index contributed by atoms with van der Waals surface area (Å²) in [4.78, 5) is 12.0. The molecule has 0 atom stereocenters. The Morgan fingerprint density at radius 2 is 1.68 bits per heavy atom. The van der Waals surface area contributed by atoms with Crippen molar-refractivity contribution in [1.82, 2.24) is 0 Å². The number of rotatable bonds is 3. The zero-order valence-corrected chi connectivity index (χ0v) is 11.7. The van der Waals surface area contributed by atoms with Gasteiger partial charge in [0.25, 0.3) is 0 Å². The molecule has 0 unspecified atom stereocenters. The molecule has 0 N–H and O–H groups in total. The number of halogens is 1. The second-order valence-electron chi connectivity index (χ2n) is 4.55. The van der Waals surface area contributed by atoms with Crippen LogP contribution in [0.25, 0.3) is 6.08 Å². The van der Waals surface area contributed by atoms with E-state index in [0.29, 0.717) is 10.6 Å². The summed E-state index contributed by atoms with van der Waals surface area (Å²) in [6, 6.07) is 13.1. The van der Waals surface area contributed by atoms with E-state index >= 15 is 0 Å². The van der Waals surface area contributed by atoms with Crippen molar-refractivity contribution in [3.05, 3.63) is 75.8 Å². The molecule has 0 radical (unpaired) electrons. The van der Waals surface area contributed by atoms with Crippen molar-refractivity contribution in [3.63, 3.8) is 0 Å². The number of allylic oxidation sites excluding steroid dienone is 1. The van der Waals surface area contributed by atoms with Crippen LogP contribution in [0, 0.1) is 13.8 Å². The molecule has 0 spiro atoms. The molecule has 2 rings (SSSR count). The zero-order chi connectivity index (χ0) is 13.8. The van der Waals surface area contributed by atoms with Crippen LogP contribution in [0.5, 0.6) is 0 Å². The number of aryl methyl sites for hydroxylation is 2. The lowest BCUT2D eigenvalue weighted by Crippen LogP contribution is -1.95. The smallest absolute Gasteiger partial charge is 0.185 e. The van der Waals surface area contributed by atoms with E-state index in [4.69, 9.17) is 11.6 Å². The molecule has 0 aromatic heterocycles. The van der Waals surface area contributed by atoms with Gasteiger partial charge in [-0.15, -0.1) is 0 Å². The summed E-state index contributed by atoms with van der Waals surface area (Å²) in [5.74, 6) is 0.0121. The second kappa shape index (κ2) is 5.85. The fraction of sp³-hybridized carbons (Fsp3) is 0.118. The molecular formula is C17H15ClO. The first kappa shape index (κ1) is 13.6. The largest absolute Gasteiger partial charge is 0.289 e. The van der Waals surface area contributed by atoms with Crippen LogP contribution in [0.3, 0.4) is 0 Å². The quantitative estimate of drug-likeness (QED) is 0.575. The maximum absolute atomic E-state index is 12.0. The fourth-order valence-electron chi connectivity index (χ4n) is 1.74. The van der Waals surface area contributed by atoms with Gasteiger partial charge in [-0.1, -0.05) is 41.9 Å². The molecule has 0 heterocycles. The molecule has 96 valence electrons. The number of carbonyl (C=O) groups excluding carboxylic acids is 1. The van der Waals surface area contributed by atoms with E-state index in [1.165, 1.54) is 5.56 Å². The average Bonchev–Trinajstić information content (AvgIpc) is 2.41. The topological polar surface area (TPSA) is 17.1 Å². The maximum Gasteiger partial charge on any atom is 0.185 e. The van der Waals surface area contributed by atoms with E-state index in [-0.39, 0.29) is 5.78 Å².